The van der Waals surface area contributed by atoms with Crippen molar-refractivity contribution >= 4 is 18.4 Å². The van der Waals surface area contributed by atoms with Crippen molar-refractivity contribution in [3.8, 4) is 0 Å². The fourth-order valence-corrected chi connectivity index (χ4v) is 2.81. The number of piperazine rings is 1. The van der Waals surface area contributed by atoms with Gasteiger partial charge in [-0.2, -0.15) is 0 Å². The van der Waals surface area contributed by atoms with Gasteiger partial charge in [0, 0.05) is 38.4 Å². The Hall–Kier alpha value is -0.910. The van der Waals surface area contributed by atoms with Crippen LogP contribution in [0.25, 0.3) is 0 Å². The van der Waals surface area contributed by atoms with Crippen LogP contribution in [0.1, 0.15) is 23.4 Å². The second-order valence-electron chi connectivity index (χ2n) is 5.24. The molecule has 3 rings (SSSR count). The van der Waals surface area contributed by atoms with E-state index in [0.717, 1.165) is 50.7 Å². The van der Waals surface area contributed by atoms with E-state index in [1.54, 1.807) is 0 Å². The van der Waals surface area contributed by atoms with Crippen LogP contribution < -0.4 is 10.6 Å². The first kappa shape index (κ1) is 14.5. The summed E-state index contributed by atoms with van der Waals surface area (Å²) in [5.41, 5.74) is 9.44. The van der Waals surface area contributed by atoms with Crippen molar-refractivity contribution in [3.05, 3.63) is 17.0 Å². The molecule has 0 unspecified atom stereocenters. The van der Waals surface area contributed by atoms with Crippen LogP contribution in [0, 0.1) is 0 Å². The third-order valence-corrected chi connectivity index (χ3v) is 3.99. The molecule has 0 saturated carbocycles. The van der Waals surface area contributed by atoms with Gasteiger partial charge in [-0.05, 0) is 31.9 Å². The van der Waals surface area contributed by atoms with Gasteiger partial charge in [0.1, 0.15) is 0 Å². The van der Waals surface area contributed by atoms with Gasteiger partial charge in [0.05, 0.1) is 5.69 Å². The maximum atomic E-state index is 5.83. The first-order valence-corrected chi connectivity index (χ1v) is 6.80. The van der Waals surface area contributed by atoms with Crippen molar-refractivity contribution in [2.24, 2.45) is 5.73 Å². The molecule has 19 heavy (non-hydrogen) atoms. The van der Waals surface area contributed by atoms with Crippen molar-refractivity contribution in [3.63, 3.8) is 0 Å². The predicted molar refractivity (Wildman–Crippen MR) is 78.9 cm³/mol. The molecule has 1 aromatic heterocycles. The van der Waals surface area contributed by atoms with E-state index in [4.69, 9.17) is 10.7 Å². The third kappa shape index (κ3) is 2.83. The van der Waals surface area contributed by atoms with Crippen LogP contribution in [0.2, 0.25) is 0 Å². The number of nitrogens with two attached hydrogens (primary N) is 1. The molecular formula is C13H22ClN5. The predicted octanol–water partition coefficient (Wildman–Crippen LogP) is 0.598. The Morgan fingerprint density at radius 1 is 1.11 bits per heavy atom. The molecule has 1 aliphatic carbocycles. The van der Waals surface area contributed by atoms with Crippen molar-refractivity contribution in [2.45, 2.75) is 25.8 Å². The molecule has 0 amide bonds. The summed E-state index contributed by atoms with van der Waals surface area (Å²) in [6, 6.07) is 0. The maximum absolute atomic E-state index is 5.83. The third-order valence-electron chi connectivity index (χ3n) is 3.99. The summed E-state index contributed by atoms with van der Waals surface area (Å²) in [5, 5.41) is 0. The van der Waals surface area contributed by atoms with Crippen molar-refractivity contribution in [1.82, 2.24) is 14.9 Å². The Bertz CT molecular complexity index is 443. The molecule has 106 valence electrons. The van der Waals surface area contributed by atoms with Crippen LogP contribution in [-0.4, -0.2) is 48.1 Å². The molecule has 0 aromatic carbocycles. The summed E-state index contributed by atoms with van der Waals surface area (Å²) in [5.74, 6) is 0.893. The van der Waals surface area contributed by atoms with Gasteiger partial charge in [-0.25, -0.2) is 9.97 Å². The second-order valence-corrected chi connectivity index (χ2v) is 5.24. The van der Waals surface area contributed by atoms with Crippen molar-refractivity contribution in [2.75, 3.05) is 38.1 Å². The summed E-state index contributed by atoms with van der Waals surface area (Å²) >= 11 is 0. The summed E-state index contributed by atoms with van der Waals surface area (Å²) in [7, 11) is 2.16. The molecule has 5 nitrogen and oxygen atoms in total. The minimum Gasteiger partial charge on any atom is -0.338 e. The molecule has 0 atom stereocenters. The van der Waals surface area contributed by atoms with Crippen molar-refractivity contribution in [1.29, 1.82) is 0 Å². The van der Waals surface area contributed by atoms with Gasteiger partial charge in [-0.3, -0.25) is 0 Å². The normalized spacial score (nSPS) is 19.2. The number of nitrogens with zero attached hydrogens (tertiary/aromatic N) is 4. The number of rotatable bonds is 2. The van der Waals surface area contributed by atoms with E-state index in [1.807, 2.05) is 0 Å². The van der Waals surface area contributed by atoms with Crippen LogP contribution in [0.3, 0.4) is 0 Å². The number of aryl methyl sites for hydroxylation is 1. The topological polar surface area (TPSA) is 58.3 Å². The Morgan fingerprint density at radius 3 is 2.53 bits per heavy atom. The molecule has 1 saturated heterocycles. The average Bonchev–Trinajstić information content (AvgIpc) is 2.86. The number of fused-ring (bicyclic) bond motifs is 1. The van der Waals surface area contributed by atoms with E-state index < -0.39 is 0 Å². The van der Waals surface area contributed by atoms with E-state index in [1.165, 1.54) is 17.7 Å². The molecule has 0 spiro atoms. The molecule has 2 heterocycles. The SMILES string of the molecule is CN1CCN(c2nc(CN)c3c(n2)CCC3)CC1.Cl. The van der Waals surface area contributed by atoms with Crippen LogP contribution in [0.5, 0.6) is 0 Å². The van der Waals surface area contributed by atoms with E-state index in [0.29, 0.717) is 6.54 Å². The highest BCUT2D eigenvalue weighted by Crippen LogP contribution is 2.25. The number of halogens is 1. The fourth-order valence-electron chi connectivity index (χ4n) is 2.81. The molecule has 2 N–H and O–H groups in total. The van der Waals surface area contributed by atoms with E-state index in [9.17, 15) is 0 Å². The molecule has 0 radical (unpaired) electrons. The first-order valence-electron chi connectivity index (χ1n) is 6.80. The average molecular weight is 284 g/mol. The van der Waals surface area contributed by atoms with Crippen LogP contribution in [0.15, 0.2) is 0 Å². The molecule has 6 heteroatoms. The lowest BCUT2D eigenvalue weighted by molar-refractivity contribution is 0.311. The molecular weight excluding hydrogens is 262 g/mol. The Balaban J connectivity index is 0.00000133. The second kappa shape index (κ2) is 6.03. The van der Waals surface area contributed by atoms with E-state index >= 15 is 0 Å². The van der Waals surface area contributed by atoms with Gasteiger partial charge in [0.2, 0.25) is 5.95 Å². The van der Waals surface area contributed by atoms with Crippen LogP contribution in [-0.2, 0) is 19.4 Å². The largest absolute Gasteiger partial charge is 0.338 e. The number of anilines is 1. The van der Waals surface area contributed by atoms with Crippen molar-refractivity contribution < 1.29 is 0 Å². The minimum atomic E-state index is 0. The molecule has 2 aliphatic rings. The zero-order chi connectivity index (χ0) is 12.5. The highest BCUT2D eigenvalue weighted by molar-refractivity contribution is 5.85. The Labute approximate surface area is 120 Å². The van der Waals surface area contributed by atoms with Gasteiger partial charge >= 0.3 is 0 Å². The molecule has 1 aromatic rings. The number of likely N-dealkylation sites (N-methyl/N-ethyl adjacent to an activating group) is 1. The summed E-state index contributed by atoms with van der Waals surface area (Å²) in [6.07, 6.45) is 3.39. The lowest BCUT2D eigenvalue weighted by atomic mass is 10.2. The maximum Gasteiger partial charge on any atom is 0.225 e. The molecule has 0 bridgehead atoms. The zero-order valence-electron chi connectivity index (χ0n) is 11.4. The number of hydrogen-bond donors (Lipinski definition) is 1. The first-order chi connectivity index (χ1) is 8.78. The molecule has 1 aliphatic heterocycles. The molecule has 1 fully saturated rings. The highest BCUT2D eigenvalue weighted by atomic mass is 35.5. The lowest BCUT2D eigenvalue weighted by Crippen LogP contribution is -2.45. The zero-order valence-corrected chi connectivity index (χ0v) is 12.2. The van der Waals surface area contributed by atoms with Crippen LogP contribution in [0.4, 0.5) is 5.95 Å². The van der Waals surface area contributed by atoms with E-state index in [-0.39, 0.29) is 12.4 Å². The monoisotopic (exact) mass is 283 g/mol. The Kier molecular flexibility index (Phi) is 4.60. The number of aromatic nitrogens is 2. The van der Waals surface area contributed by atoms with Gasteiger partial charge in [0.25, 0.3) is 0 Å². The summed E-state index contributed by atoms with van der Waals surface area (Å²) in [6.45, 7) is 4.72. The van der Waals surface area contributed by atoms with Gasteiger partial charge in [-0.15, -0.1) is 12.4 Å². The quantitative estimate of drug-likeness (QED) is 0.861. The standard InChI is InChI=1S/C13H21N5.ClH/c1-17-5-7-18(8-6-17)13-15-11-4-2-3-10(11)12(9-14)16-13;/h2-9,14H2,1H3;1H. The summed E-state index contributed by atoms with van der Waals surface area (Å²) < 4.78 is 0. The highest BCUT2D eigenvalue weighted by Gasteiger charge is 2.22. The van der Waals surface area contributed by atoms with Gasteiger partial charge in [-0.1, -0.05) is 0 Å². The summed E-state index contributed by atoms with van der Waals surface area (Å²) in [4.78, 5) is 14.1. The van der Waals surface area contributed by atoms with Gasteiger partial charge < -0.3 is 15.5 Å². The van der Waals surface area contributed by atoms with Crippen LogP contribution >= 0.6 is 12.4 Å². The van der Waals surface area contributed by atoms with Gasteiger partial charge in [0.15, 0.2) is 0 Å². The number of hydrogen-bond acceptors (Lipinski definition) is 5. The Morgan fingerprint density at radius 2 is 1.84 bits per heavy atom. The van der Waals surface area contributed by atoms with E-state index in [2.05, 4.69) is 21.8 Å². The minimum absolute atomic E-state index is 0. The smallest absolute Gasteiger partial charge is 0.225 e. The lowest BCUT2D eigenvalue weighted by Gasteiger charge is -2.32. The fraction of sp³-hybridized carbons (Fsp3) is 0.692.